The zero-order valence-corrected chi connectivity index (χ0v) is 16.2. The highest BCUT2D eigenvalue weighted by molar-refractivity contribution is 5.93. The van der Waals surface area contributed by atoms with Crippen molar-refractivity contribution in [3.8, 4) is 11.3 Å². The maximum atomic E-state index is 13.1. The van der Waals surface area contributed by atoms with E-state index < -0.39 is 0 Å². The van der Waals surface area contributed by atoms with E-state index in [1.54, 1.807) is 18.2 Å². The summed E-state index contributed by atoms with van der Waals surface area (Å²) in [4.78, 5) is 11.9. The Balaban J connectivity index is 1.51. The van der Waals surface area contributed by atoms with Crippen molar-refractivity contribution < 1.29 is 18.2 Å². The lowest BCUT2D eigenvalue weighted by atomic mass is 9.87. The smallest absolute Gasteiger partial charge is 0.184 e. The predicted molar refractivity (Wildman–Crippen MR) is 103 cm³/mol. The molecule has 28 heavy (non-hydrogen) atoms. The molecule has 0 aliphatic carbocycles. The molecule has 1 unspecified atom stereocenters. The van der Waals surface area contributed by atoms with Gasteiger partial charge in [-0.25, -0.2) is 4.39 Å². The number of hydrogen-bond donors (Lipinski definition) is 0. The van der Waals surface area contributed by atoms with Crippen LogP contribution < -0.4 is 0 Å². The van der Waals surface area contributed by atoms with Gasteiger partial charge in [0.1, 0.15) is 17.8 Å². The number of ketones is 1. The highest BCUT2D eigenvalue weighted by Gasteiger charge is 2.20. The van der Waals surface area contributed by atoms with Gasteiger partial charge in [0.2, 0.25) is 0 Å². The number of benzene rings is 1. The fourth-order valence-electron chi connectivity index (χ4n) is 3.35. The molecule has 1 aromatic carbocycles. The second-order valence-electron chi connectivity index (χ2n) is 7.38. The number of aromatic nitrogens is 2. The molecule has 3 aromatic rings. The van der Waals surface area contributed by atoms with E-state index in [0.29, 0.717) is 23.8 Å². The summed E-state index contributed by atoms with van der Waals surface area (Å²) in [5.41, 5.74) is 2.14. The van der Waals surface area contributed by atoms with Gasteiger partial charge in [-0.15, -0.1) is 0 Å². The topological polar surface area (TPSA) is 69.1 Å². The number of halogens is 1. The van der Waals surface area contributed by atoms with Crippen molar-refractivity contribution in [2.24, 2.45) is 5.92 Å². The van der Waals surface area contributed by atoms with Crippen LogP contribution in [0.1, 0.15) is 68.1 Å². The third-order valence-corrected chi connectivity index (χ3v) is 4.98. The zero-order valence-electron chi connectivity index (χ0n) is 16.2. The van der Waals surface area contributed by atoms with Crippen molar-refractivity contribution in [3.63, 3.8) is 0 Å². The molecule has 0 saturated heterocycles. The second-order valence-corrected chi connectivity index (χ2v) is 7.38. The van der Waals surface area contributed by atoms with E-state index in [1.807, 2.05) is 6.07 Å². The lowest BCUT2D eigenvalue weighted by molar-refractivity contribution is 0.0970. The molecule has 0 fully saturated rings. The number of hydrogen-bond acceptors (Lipinski definition) is 5. The van der Waals surface area contributed by atoms with Gasteiger partial charge in [0.15, 0.2) is 11.5 Å². The summed E-state index contributed by atoms with van der Waals surface area (Å²) in [6.07, 6.45) is 5.68. The van der Waals surface area contributed by atoms with Crippen LogP contribution in [0.3, 0.4) is 0 Å². The van der Waals surface area contributed by atoms with Crippen LogP contribution in [-0.2, 0) is 0 Å². The lowest BCUT2D eigenvalue weighted by Gasteiger charge is -2.17. The minimum atomic E-state index is -0.273. The van der Waals surface area contributed by atoms with Gasteiger partial charge in [-0.3, -0.25) is 4.79 Å². The molecule has 0 aliphatic rings. The fraction of sp³-hybridized carbons (Fsp3) is 0.409. The van der Waals surface area contributed by atoms with E-state index in [4.69, 9.17) is 9.05 Å². The summed E-state index contributed by atoms with van der Waals surface area (Å²) >= 11 is 0. The van der Waals surface area contributed by atoms with Crippen molar-refractivity contribution in [2.45, 2.75) is 51.9 Å². The van der Waals surface area contributed by atoms with E-state index in [-0.39, 0.29) is 17.5 Å². The molecule has 5 nitrogen and oxygen atoms in total. The first-order valence-electron chi connectivity index (χ1n) is 9.70. The Morgan fingerprint density at radius 1 is 1.07 bits per heavy atom. The average molecular weight is 384 g/mol. The molecule has 0 spiro atoms. The molecule has 0 radical (unpaired) electrons. The molecule has 0 aliphatic heterocycles. The van der Waals surface area contributed by atoms with Crippen molar-refractivity contribution in [3.05, 3.63) is 59.9 Å². The quantitative estimate of drug-likeness (QED) is 0.315. The van der Waals surface area contributed by atoms with Crippen LogP contribution in [0, 0.1) is 11.7 Å². The van der Waals surface area contributed by atoms with E-state index in [1.165, 1.54) is 18.4 Å². The summed E-state index contributed by atoms with van der Waals surface area (Å²) in [5.74, 6) is 1.10. The largest absolute Gasteiger partial charge is 0.364 e. The molecule has 1 atom stereocenters. The molecular weight excluding hydrogens is 359 g/mol. The summed E-state index contributed by atoms with van der Waals surface area (Å²) in [6.45, 7) is 4.34. The number of nitrogens with zero attached hydrogens (tertiary/aromatic N) is 2. The molecule has 0 saturated carbocycles. The second kappa shape index (κ2) is 9.44. The van der Waals surface area contributed by atoms with Gasteiger partial charge in [-0.2, -0.15) is 0 Å². The summed E-state index contributed by atoms with van der Waals surface area (Å²) in [6, 6.07) is 9.76. The Hall–Kier alpha value is -2.76. The van der Waals surface area contributed by atoms with Crippen LogP contribution in [0.5, 0.6) is 0 Å². The van der Waals surface area contributed by atoms with E-state index in [0.717, 1.165) is 36.9 Å². The standard InChI is InChI=1S/C22H25FN2O3/c1-15(2)18(6-4-3-5-7-21(26)19-12-13-27-24-19)20-14-22(28-25-20)16-8-10-17(23)11-9-16/h8-15,18H,3-7H2,1-2H3. The van der Waals surface area contributed by atoms with Gasteiger partial charge in [-0.05, 0) is 43.0 Å². The average Bonchev–Trinajstić information content (AvgIpc) is 3.37. The van der Waals surface area contributed by atoms with Crippen molar-refractivity contribution in [1.29, 1.82) is 0 Å². The highest BCUT2D eigenvalue weighted by atomic mass is 19.1. The summed E-state index contributed by atoms with van der Waals surface area (Å²) in [5, 5.41) is 7.93. The molecule has 2 aromatic heterocycles. The number of Topliss-reactive ketones (excluding diaryl/α,β-unsaturated/α-hetero) is 1. The molecule has 148 valence electrons. The van der Waals surface area contributed by atoms with Gasteiger partial charge >= 0.3 is 0 Å². The maximum absolute atomic E-state index is 13.1. The van der Waals surface area contributed by atoms with Gasteiger partial charge in [0.05, 0.1) is 5.69 Å². The molecule has 3 rings (SSSR count). The van der Waals surface area contributed by atoms with Crippen molar-refractivity contribution in [1.82, 2.24) is 10.3 Å². The van der Waals surface area contributed by atoms with Gasteiger partial charge < -0.3 is 9.05 Å². The van der Waals surface area contributed by atoms with Crippen molar-refractivity contribution >= 4 is 5.78 Å². The molecule has 0 N–H and O–H groups in total. The Morgan fingerprint density at radius 2 is 1.86 bits per heavy atom. The first-order chi connectivity index (χ1) is 13.5. The number of unbranched alkanes of at least 4 members (excludes halogenated alkanes) is 2. The van der Waals surface area contributed by atoms with Crippen LogP contribution in [0.4, 0.5) is 4.39 Å². The third kappa shape index (κ3) is 5.15. The SMILES string of the molecule is CC(C)C(CCCCCC(=O)c1ccon1)c1cc(-c2ccc(F)cc2)on1. The Kier molecular flexibility index (Phi) is 6.74. The highest BCUT2D eigenvalue weighted by Crippen LogP contribution is 2.32. The minimum absolute atomic E-state index is 0.0228. The maximum Gasteiger partial charge on any atom is 0.184 e. The van der Waals surface area contributed by atoms with Gasteiger partial charge in [0.25, 0.3) is 0 Å². The first-order valence-corrected chi connectivity index (χ1v) is 9.70. The lowest BCUT2D eigenvalue weighted by Crippen LogP contribution is -2.07. The van der Waals surface area contributed by atoms with Crippen LogP contribution in [0.25, 0.3) is 11.3 Å². The molecule has 2 heterocycles. The number of carbonyl (C=O) groups excluding carboxylic acids is 1. The zero-order chi connectivity index (χ0) is 19.9. The Labute approximate surface area is 163 Å². The monoisotopic (exact) mass is 384 g/mol. The Bertz CT molecular complexity index is 870. The fourth-order valence-corrected chi connectivity index (χ4v) is 3.35. The minimum Gasteiger partial charge on any atom is -0.364 e. The van der Waals surface area contributed by atoms with Gasteiger partial charge in [0, 0.05) is 30.0 Å². The van der Waals surface area contributed by atoms with Crippen LogP contribution in [0.15, 0.2) is 51.7 Å². The van der Waals surface area contributed by atoms with E-state index in [9.17, 15) is 9.18 Å². The van der Waals surface area contributed by atoms with Crippen LogP contribution >= 0.6 is 0 Å². The number of rotatable bonds is 10. The van der Waals surface area contributed by atoms with E-state index >= 15 is 0 Å². The van der Waals surface area contributed by atoms with Crippen LogP contribution in [-0.4, -0.2) is 16.1 Å². The molecule has 0 bridgehead atoms. The number of carbonyl (C=O) groups is 1. The van der Waals surface area contributed by atoms with E-state index in [2.05, 4.69) is 24.2 Å². The Morgan fingerprint density at radius 3 is 2.54 bits per heavy atom. The van der Waals surface area contributed by atoms with Crippen molar-refractivity contribution in [2.75, 3.05) is 0 Å². The molecule has 6 heteroatoms. The first kappa shape index (κ1) is 20.0. The molecule has 0 amide bonds. The van der Waals surface area contributed by atoms with Gasteiger partial charge in [-0.1, -0.05) is 37.0 Å². The summed E-state index contributed by atoms with van der Waals surface area (Å²) < 4.78 is 23.3. The summed E-state index contributed by atoms with van der Waals surface area (Å²) in [7, 11) is 0. The predicted octanol–water partition coefficient (Wildman–Crippen LogP) is 6.04. The normalized spacial score (nSPS) is 12.4. The third-order valence-electron chi connectivity index (χ3n) is 4.98. The molecular formula is C22H25FN2O3. The van der Waals surface area contributed by atoms with Crippen LogP contribution in [0.2, 0.25) is 0 Å².